The second-order valence-corrected chi connectivity index (χ2v) is 30.3. The van der Waals surface area contributed by atoms with Crippen molar-refractivity contribution in [2.45, 2.75) is 26.2 Å². The maximum Gasteiger partial charge on any atom is 0.261 e. The summed E-state index contributed by atoms with van der Waals surface area (Å²) >= 11 is 0. The molecular formula is C100H128N28O12. The van der Waals surface area contributed by atoms with Gasteiger partial charge >= 0.3 is 0 Å². The molecule has 4 amide bonds. The van der Waals surface area contributed by atoms with E-state index in [0.29, 0.717) is 174 Å². The minimum Gasteiger partial charge on any atom is -0.492 e. The van der Waals surface area contributed by atoms with E-state index in [-0.39, 0.29) is 73.7 Å². The molecule has 40 heteroatoms. The zero-order valence-electron chi connectivity index (χ0n) is 80.1. The van der Waals surface area contributed by atoms with Gasteiger partial charge in [0.15, 0.2) is 47.7 Å². The highest BCUT2D eigenvalue weighted by molar-refractivity contribution is 6.22. The molecule has 0 spiro atoms. The first kappa shape index (κ1) is 107. The van der Waals surface area contributed by atoms with E-state index < -0.39 is 0 Å². The highest BCUT2D eigenvalue weighted by Gasteiger charge is 2.37. The Kier molecular flexibility index (Phi) is 43.4. The lowest BCUT2D eigenvalue weighted by Gasteiger charge is -2.18. The lowest BCUT2D eigenvalue weighted by Crippen LogP contribution is -2.37. The third-order valence-electron chi connectivity index (χ3n) is 20.7. The van der Waals surface area contributed by atoms with Crippen molar-refractivity contribution in [3.05, 3.63) is 263 Å². The first-order chi connectivity index (χ1) is 67.9. The van der Waals surface area contributed by atoms with Crippen LogP contribution >= 0.6 is 0 Å². The molecule has 10 aromatic rings. The number of fused-ring (bicyclic) bond motifs is 2. The Morgan fingerprint density at radius 1 is 0.271 bits per heavy atom. The molecule has 2 aliphatic heterocycles. The van der Waals surface area contributed by atoms with Crippen LogP contribution < -0.4 is 138 Å². The monoisotopic (exact) mass is 1910 g/mol. The number of carbonyl (C=O) groups excluding carboxylic acids is 4. The number of aliphatic imine (C=N–C) groups is 8. The Hall–Kier alpha value is -17.0. The van der Waals surface area contributed by atoms with Gasteiger partial charge in [-0.05, 0) is 142 Å². The zero-order chi connectivity index (χ0) is 101. The van der Waals surface area contributed by atoms with E-state index in [2.05, 4.69) is 82.5 Å². The summed E-state index contributed by atoms with van der Waals surface area (Å²) in [6.45, 7) is 7.85. The predicted octanol–water partition coefficient (Wildman–Crippen LogP) is 5.23. The summed E-state index contributed by atoms with van der Waals surface area (Å²) in [4.78, 5) is 86.2. The average molecular weight is 1910 g/mol. The van der Waals surface area contributed by atoms with Gasteiger partial charge in [-0.2, -0.15) is 0 Å². The van der Waals surface area contributed by atoms with Crippen molar-refractivity contribution in [3.63, 3.8) is 0 Å². The summed E-state index contributed by atoms with van der Waals surface area (Å²) in [6, 6.07) is 67.8. The van der Waals surface area contributed by atoms with Crippen molar-refractivity contribution in [2.75, 3.05) is 162 Å². The molecular weight excluding hydrogens is 1790 g/mol. The Balaban J connectivity index is 0.000000211. The fourth-order valence-corrected chi connectivity index (χ4v) is 14.1. The molecule has 140 heavy (non-hydrogen) atoms. The molecule has 40 nitrogen and oxygen atoms in total. The van der Waals surface area contributed by atoms with Crippen LogP contribution in [-0.2, 0) is 26.2 Å². The van der Waals surface area contributed by atoms with E-state index in [4.69, 9.17) is 95.2 Å². The molecule has 0 aliphatic carbocycles. The largest absolute Gasteiger partial charge is 0.492 e. The average Bonchev–Trinajstić information content (AvgIpc) is 1.63. The number of rotatable bonds is 42. The second-order valence-electron chi connectivity index (χ2n) is 30.3. The van der Waals surface area contributed by atoms with Crippen LogP contribution in [0.4, 0.5) is 0 Å². The SMILES string of the molecule is CN=C(NC)NCCOc1cccc(-c2ccc(CN)cc2OCCNC(=NC)NC)c1.CN=C(NC)NCCOc1cccc(-c2ccc(CN3C(=O)c4ccccc4C3=O)cc2OCCNC(=NC)NC)c1.NC(N)=NCCOc1cccc(-c2ccc(CN3C(=O)c4ccccc4C3=O)cc2OCCN=C(N)N)c1.NCc1ccc(-c2cccc(OCCN=C(N)N)c2)c(OCCN=C(N)N)c1. The maximum atomic E-state index is 13.0. The van der Waals surface area contributed by atoms with Crippen LogP contribution in [0, 0.1) is 0 Å². The quantitative estimate of drug-likeness (QED) is 0.0101. The summed E-state index contributed by atoms with van der Waals surface area (Å²) in [5.41, 5.74) is 66.8. The molecule has 12 rings (SSSR count). The van der Waals surface area contributed by atoms with Crippen molar-refractivity contribution >= 4 is 71.3 Å². The van der Waals surface area contributed by atoms with E-state index in [1.807, 2.05) is 178 Å². The number of hydrogen-bond donors (Lipinski definition) is 18. The lowest BCUT2D eigenvalue weighted by atomic mass is 10.0. The van der Waals surface area contributed by atoms with Crippen LogP contribution in [0.25, 0.3) is 44.5 Å². The highest BCUT2D eigenvalue weighted by atomic mass is 16.5. The standard InChI is InChI=1S/C31H37N7O4.C27H29N7O4.C23H35N7O2.C19H27N7O2/c1-32-30(33-2)36-14-16-41-23-9-7-8-22(19-23)24-13-12-21(18-27(24)42-17-15-37-31(34-3)35-4)20-38-28(39)25-10-5-6-11-26(25)29(38)40;28-26(29)32-10-12-37-19-5-3-4-18(15-19)20-9-8-17(14-23(20)38-13-11-33-27(30)31)16-34-24(35)21-6-1-2-7-22(21)25(34)36;1-25-22(26-2)29-10-12-31-19-7-5-6-18(15-19)20-9-8-17(16-24)14-21(20)32-13-11-30-23(27-3)28-4;20-12-13-4-5-16(17(10-13)28-9-7-26-19(23)24)14-2-1-3-15(11-14)27-8-6-25-18(21)22/h5-13,18-19H,14-17,20H2,1-4H3,(H2,32,33,36)(H2,34,35,37);1-9,14-15H,10-13,16H2,(H4,28,29,32)(H4,30,31,33);5-9,14-15H,10-13,16,24H2,1-4H3,(H2,25,26,29)(H2,27,28,30);1-5,10-11H,6-9,12,20H2,(H4,21,22,25)(H4,23,24,26). The summed E-state index contributed by atoms with van der Waals surface area (Å²) in [5.74, 6) is 7.11. The van der Waals surface area contributed by atoms with E-state index in [0.717, 1.165) is 90.2 Å². The Morgan fingerprint density at radius 2 is 0.500 bits per heavy atom. The molecule has 740 valence electrons. The number of benzene rings is 10. The minimum absolute atomic E-state index is 0.00571. The predicted molar refractivity (Wildman–Crippen MR) is 553 cm³/mol. The van der Waals surface area contributed by atoms with Crippen molar-refractivity contribution in [1.29, 1.82) is 0 Å². The zero-order valence-corrected chi connectivity index (χ0v) is 80.1. The van der Waals surface area contributed by atoms with Gasteiger partial charge in [0.25, 0.3) is 23.6 Å². The molecule has 0 radical (unpaired) electrons. The van der Waals surface area contributed by atoms with Gasteiger partial charge < -0.3 is 138 Å². The minimum atomic E-state index is -0.324. The number of amides is 4. The number of nitrogens with zero attached hydrogens (tertiary/aromatic N) is 10. The lowest BCUT2D eigenvalue weighted by molar-refractivity contribution is 0.0627. The van der Waals surface area contributed by atoms with Gasteiger partial charge in [-0.1, -0.05) is 121 Å². The molecule has 0 saturated carbocycles. The van der Waals surface area contributed by atoms with Crippen LogP contribution in [0.3, 0.4) is 0 Å². The van der Waals surface area contributed by atoms with Crippen LogP contribution in [0.15, 0.2) is 258 Å². The van der Waals surface area contributed by atoms with Gasteiger partial charge in [-0.25, -0.2) is 0 Å². The van der Waals surface area contributed by atoms with Crippen LogP contribution in [-0.4, -0.2) is 243 Å². The van der Waals surface area contributed by atoms with E-state index >= 15 is 0 Å². The molecule has 0 bridgehead atoms. The summed E-state index contributed by atoms with van der Waals surface area (Å²) in [7, 11) is 14.1. The number of nitrogens with one attached hydrogen (secondary N) is 8. The molecule has 0 saturated heterocycles. The van der Waals surface area contributed by atoms with E-state index in [1.165, 1.54) is 9.80 Å². The highest BCUT2D eigenvalue weighted by Crippen LogP contribution is 2.39. The Labute approximate surface area is 815 Å². The third kappa shape index (κ3) is 33.2. The normalized spacial score (nSPS) is 11.9. The molecule has 28 N–H and O–H groups in total. The first-order valence-corrected chi connectivity index (χ1v) is 45.0. The molecule has 0 atom stereocenters. The van der Waals surface area contributed by atoms with Gasteiger partial charge in [0.05, 0.1) is 87.7 Å². The summed E-state index contributed by atoms with van der Waals surface area (Å²) in [6.07, 6.45) is 0. The fraction of sp³-hybridized carbons (Fsp3) is 0.280. The number of guanidine groups is 8. The molecule has 10 aromatic carbocycles. The van der Waals surface area contributed by atoms with Crippen molar-refractivity contribution in [2.24, 2.45) is 97.3 Å². The van der Waals surface area contributed by atoms with Gasteiger partial charge in [0.2, 0.25) is 0 Å². The van der Waals surface area contributed by atoms with Gasteiger partial charge in [-0.3, -0.25) is 68.9 Å². The second kappa shape index (κ2) is 57.0. The van der Waals surface area contributed by atoms with Crippen LogP contribution in [0.2, 0.25) is 0 Å². The van der Waals surface area contributed by atoms with Crippen molar-refractivity contribution in [3.8, 4) is 90.5 Å². The van der Waals surface area contributed by atoms with Gasteiger partial charge in [0.1, 0.15) is 98.9 Å². The number of hydrogen-bond acceptors (Lipinski definition) is 22. The Morgan fingerprint density at radius 3 is 0.743 bits per heavy atom. The summed E-state index contributed by atoms with van der Waals surface area (Å²) in [5, 5.41) is 24.6. The van der Waals surface area contributed by atoms with Crippen molar-refractivity contribution < 1.29 is 57.1 Å². The third-order valence-corrected chi connectivity index (χ3v) is 20.7. The summed E-state index contributed by atoms with van der Waals surface area (Å²) < 4.78 is 47.6. The van der Waals surface area contributed by atoms with Gasteiger partial charge in [0, 0.05) is 91.7 Å². The molecule has 0 aromatic heterocycles. The smallest absolute Gasteiger partial charge is 0.261 e. The number of imide groups is 2. The maximum absolute atomic E-state index is 13.0. The number of ether oxygens (including phenoxy) is 8. The topological polar surface area (TPSA) is 604 Å². The number of nitrogens with two attached hydrogens (primary N) is 10. The molecule has 0 unspecified atom stereocenters. The molecule has 2 aliphatic rings. The first-order valence-electron chi connectivity index (χ1n) is 45.0. The van der Waals surface area contributed by atoms with E-state index in [9.17, 15) is 19.2 Å². The Bertz CT molecular complexity index is 5940. The molecule has 0 fully saturated rings. The fourth-order valence-electron chi connectivity index (χ4n) is 14.1. The van der Waals surface area contributed by atoms with Crippen LogP contribution in [0.5, 0.6) is 46.0 Å². The van der Waals surface area contributed by atoms with Gasteiger partial charge in [-0.15, -0.1) is 0 Å². The van der Waals surface area contributed by atoms with Crippen LogP contribution in [0.1, 0.15) is 63.7 Å². The molecule has 2 heterocycles. The van der Waals surface area contributed by atoms with E-state index in [1.54, 1.807) is 96.9 Å². The number of carbonyl (C=O) groups is 4. The van der Waals surface area contributed by atoms with Crippen molar-refractivity contribution in [1.82, 2.24) is 52.3 Å².